The van der Waals surface area contributed by atoms with Gasteiger partial charge in [-0.2, -0.15) is 0 Å². The van der Waals surface area contributed by atoms with Crippen LogP contribution in [-0.4, -0.2) is 45.8 Å². The summed E-state index contributed by atoms with van der Waals surface area (Å²) < 4.78 is 7.53. The maximum atomic E-state index is 13.2. The topological polar surface area (TPSA) is 80.6 Å². The second-order valence-electron chi connectivity index (χ2n) is 9.33. The van der Waals surface area contributed by atoms with E-state index in [1.54, 1.807) is 24.3 Å². The van der Waals surface area contributed by atoms with Gasteiger partial charge in [0.1, 0.15) is 6.54 Å². The van der Waals surface area contributed by atoms with E-state index in [9.17, 15) is 14.4 Å². The summed E-state index contributed by atoms with van der Waals surface area (Å²) in [4.78, 5) is 40.3. The number of imide groups is 1. The van der Waals surface area contributed by atoms with Crippen molar-refractivity contribution in [3.05, 3.63) is 74.2 Å². The minimum Gasteiger partial charge on any atom is -0.376 e. The van der Waals surface area contributed by atoms with Crippen LogP contribution in [0.5, 0.6) is 0 Å². The number of hydrogen-bond acceptors (Lipinski definition) is 5. The minimum absolute atomic E-state index is 0.0710. The summed E-state index contributed by atoms with van der Waals surface area (Å²) in [6.07, 6.45) is 6.45. The Morgan fingerprint density at radius 1 is 1.21 bits per heavy atom. The number of para-hydroxylation sites is 1. The van der Waals surface area contributed by atoms with Crippen LogP contribution in [-0.2, 0) is 33.8 Å². The number of hydrogen-bond donors (Lipinski definition) is 1. The second kappa shape index (κ2) is 11.5. The average Bonchev–Trinajstić information content (AvgIpc) is 3.61. The molecule has 3 heterocycles. The summed E-state index contributed by atoms with van der Waals surface area (Å²) in [6, 6.07) is 11.0. The number of aryl methyl sites for hydroxylation is 1. The molecule has 0 saturated carbocycles. The Bertz CT molecular complexity index is 1450. The SMILES string of the molecule is CCc1cccc2c(/C=C3\SC(=O)N(Cc4ccc(Cl)c(Cl)c4)C3=O)cn(CC(=O)NC[C@H]3CCCO3)c12. The van der Waals surface area contributed by atoms with Crippen LogP contribution < -0.4 is 5.32 Å². The highest BCUT2D eigenvalue weighted by molar-refractivity contribution is 8.18. The van der Waals surface area contributed by atoms with Gasteiger partial charge in [-0.25, -0.2) is 0 Å². The monoisotopic (exact) mass is 571 g/mol. The fraction of sp³-hybridized carbons (Fsp3) is 0.321. The van der Waals surface area contributed by atoms with Gasteiger partial charge in [-0.3, -0.25) is 19.3 Å². The molecule has 1 aromatic heterocycles. The first-order valence-corrected chi connectivity index (χ1v) is 14.1. The van der Waals surface area contributed by atoms with E-state index in [-0.39, 0.29) is 36.2 Å². The molecule has 7 nitrogen and oxygen atoms in total. The Hall–Kier alpha value is -2.78. The van der Waals surface area contributed by atoms with Crippen molar-refractivity contribution in [2.45, 2.75) is 45.4 Å². The van der Waals surface area contributed by atoms with Crippen LogP contribution in [0.3, 0.4) is 0 Å². The average molecular weight is 573 g/mol. The third-order valence-corrected chi connectivity index (χ3v) is 8.39. The van der Waals surface area contributed by atoms with Gasteiger partial charge in [0.25, 0.3) is 11.1 Å². The summed E-state index contributed by atoms with van der Waals surface area (Å²) in [6.45, 7) is 3.55. The van der Waals surface area contributed by atoms with E-state index in [0.29, 0.717) is 27.1 Å². The molecule has 38 heavy (non-hydrogen) atoms. The molecule has 10 heteroatoms. The van der Waals surface area contributed by atoms with Gasteiger partial charge in [0.05, 0.1) is 33.1 Å². The summed E-state index contributed by atoms with van der Waals surface area (Å²) in [5, 5.41) is 4.33. The lowest BCUT2D eigenvalue weighted by Crippen LogP contribution is -2.34. The number of carbonyl (C=O) groups excluding carboxylic acids is 3. The molecule has 0 aliphatic carbocycles. The number of amides is 3. The lowest BCUT2D eigenvalue weighted by Gasteiger charge is -2.12. The fourth-order valence-corrected chi connectivity index (χ4v) is 5.98. The van der Waals surface area contributed by atoms with Crippen LogP contribution in [0.4, 0.5) is 4.79 Å². The molecule has 1 atom stereocenters. The van der Waals surface area contributed by atoms with Gasteiger partial charge in [-0.05, 0) is 60.4 Å². The van der Waals surface area contributed by atoms with Crippen LogP contribution >= 0.6 is 35.0 Å². The van der Waals surface area contributed by atoms with Gasteiger partial charge < -0.3 is 14.6 Å². The van der Waals surface area contributed by atoms with Crippen molar-refractivity contribution in [3.8, 4) is 0 Å². The Kier molecular flexibility index (Phi) is 8.14. The van der Waals surface area contributed by atoms with Crippen molar-refractivity contribution in [3.63, 3.8) is 0 Å². The first-order chi connectivity index (χ1) is 18.3. The quantitative estimate of drug-likeness (QED) is 0.333. The molecule has 2 saturated heterocycles. The van der Waals surface area contributed by atoms with Crippen LogP contribution in [0.25, 0.3) is 17.0 Å². The number of carbonyl (C=O) groups is 3. The van der Waals surface area contributed by atoms with Crippen molar-refractivity contribution in [1.82, 2.24) is 14.8 Å². The highest BCUT2D eigenvalue weighted by Gasteiger charge is 2.35. The summed E-state index contributed by atoms with van der Waals surface area (Å²) >= 11 is 13.0. The predicted molar refractivity (Wildman–Crippen MR) is 151 cm³/mol. The van der Waals surface area contributed by atoms with E-state index >= 15 is 0 Å². The van der Waals surface area contributed by atoms with Crippen LogP contribution in [0.15, 0.2) is 47.5 Å². The van der Waals surface area contributed by atoms with Gasteiger partial charge in [0.2, 0.25) is 5.91 Å². The van der Waals surface area contributed by atoms with E-state index in [1.165, 1.54) is 4.90 Å². The molecule has 2 fully saturated rings. The van der Waals surface area contributed by atoms with E-state index in [1.807, 2.05) is 29.0 Å². The van der Waals surface area contributed by atoms with E-state index < -0.39 is 0 Å². The number of thioether (sulfide) groups is 1. The fourth-order valence-electron chi connectivity index (χ4n) is 4.83. The van der Waals surface area contributed by atoms with Gasteiger partial charge in [0, 0.05) is 30.3 Å². The first-order valence-electron chi connectivity index (χ1n) is 12.5. The van der Waals surface area contributed by atoms with Crippen LogP contribution in [0.1, 0.15) is 36.5 Å². The minimum atomic E-state index is -0.368. The Morgan fingerprint density at radius 3 is 2.79 bits per heavy atom. The molecule has 0 unspecified atom stereocenters. The molecule has 0 bridgehead atoms. The molecule has 2 aliphatic rings. The van der Waals surface area contributed by atoms with Crippen LogP contribution in [0, 0.1) is 0 Å². The van der Waals surface area contributed by atoms with E-state index in [0.717, 1.165) is 59.7 Å². The summed E-state index contributed by atoms with van der Waals surface area (Å²) in [5.74, 6) is -0.468. The third kappa shape index (κ3) is 5.64. The molecule has 2 aliphatic heterocycles. The van der Waals surface area contributed by atoms with E-state index in [2.05, 4.69) is 12.2 Å². The van der Waals surface area contributed by atoms with E-state index in [4.69, 9.17) is 27.9 Å². The normalized spacial score (nSPS) is 18.8. The van der Waals surface area contributed by atoms with Gasteiger partial charge in [-0.15, -0.1) is 0 Å². The zero-order chi connectivity index (χ0) is 26.8. The van der Waals surface area contributed by atoms with Crippen LogP contribution in [0.2, 0.25) is 10.0 Å². The molecule has 1 N–H and O–H groups in total. The Morgan fingerprint density at radius 2 is 2.05 bits per heavy atom. The van der Waals surface area contributed by atoms with Crippen molar-refractivity contribution in [2.75, 3.05) is 13.2 Å². The molecular weight excluding hydrogens is 545 g/mol. The maximum Gasteiger partial charge on any atom is 0.293 e. The Balaban J connectivity index is 1.40. The number of aromatic nitrogens is 1. The zero-order valence-electron chi connectivity index (χ0n) is 20.8. The zero-order valence-corrected chi connectivity index (χ0v) is 23.2. The number of nitrogens with one attached hydrogen (secondary N) is 1. The number of benzene rings is 2. The molecule has 3 amide bonds. The van der Waals surface area contributed by atoms with Crippen molar-refractivity contribution >= 4 is 69.0 Å². The maximum absolute atomic E-state index is 13.2. The van der Waals surface area contributed by atoms with Gasteiger partial charge >= 0.3 is 0 Å². The molecule has 3 aromatic rings. The Labute approximate surface area is 235 Å². The first kappa shape index (κ1) is 26.8. The number of nitrogens with zero attached hydrogens (tertiary/aromatic N) is 2. The summed E-state index contributed by atoms with van der Waals surface area (Å²) in [7, 11) is 0. The van der Waals surface area contributed by atoms with Crippen molar-refractivity contribution < 1.29 is 19.1 Å². The van der Waals surface area contributed by atoms with Crippen molar-refractivity contribution in [1.29, 1.82) is 0 Å². The predicted octanol–water partition coefficient (Wildman–Crippen LogP) is 6.04. The lowest BCUT2D eigenvalue weighted by atomic mass is 10.1. The largest absolute Gasteiger partial charge is 0.376 e. The number of rotatable bonds is 8. The standard InChI is InChI=1S/C28H27Cl2N3O4S/c1-2-18-5-3-7-21-19(15-32(26(18)21)16-25(34)31-13-20-6-4-10-37-20)12-24-27(35)33(28(36)38-24)14-17-8-9-22(29)23(30)11-17/h3,5,7-9,11-12,15,20H,2,4,6,10,13-14,16H2,1H3,(H,31,34)/b24-12-/t20-/m1/s1. The molecule has 0 radical (unpaired) electrons. The molecule has 198 valence electrons. The number of halogens is 2. The molecule has 5 rings (SSSR count). The van der Waals surface area contributed by atoms with Gasteiger partial charge in [0.15, 0.2) is 0 Å². The highest BCUT2D eigenvalue weighted by atomic mass is 35.5. The smallest absolute Gasteiger partial charge is 0.293 e. The molecule has 0 spiro atoms. The number of ether oxygens (including phenoxy) is 1. The van der Waals surface area contributed by atoms with Gasteiger partial charge in [-0.1, -0.05) is 54.4 Å². The molecule has 2 aromatic carbocycles. The third-order valence-electron chi connectivity index (χ3n) is 6.74. The summed E-state index contributed by atoms with van der Waals surface area (Å²) in [5.41, 5.74) is 3.54. The highest BCUT2D eigenvalue weighted by Crippen LogP contribution is 2.36. The second-order valence-corrected chi connectivity index (χ2v) is 11.1. The number of fused-ring (bicyclic) bond motifs is 1. The van der Waals surface area contributed by atoms with Crippen molar-refractivity contribution in [2.24, 2.45) is 0 Å². The molecular formula is C28H27Cl2N3O4S. The lowest BCUT2D eigenvalue weighted by molar-refractivity contribution is -0.123.